The van der Waals surface area contributed by atoms with Crippen LogP contribution >= 0.6 is 19.4 Å². The smallest absolute Gasteiger partial charge is 0.483 e. The first-order valence-electron chi connectivity index (χ1n) is 23.9. The lowest BCUT2D eigenvalue weighted by atomic mass is 10.0. The van der Waals surface area contributed by atoms with Crippen LogP contribution in [-0.2, 0) is 32.6 Å². The number of ether oxygens (including phenoxy) is 5. The number of fused-ring (bicyclic) bond motifs is 1. The molecule has 0 aliphatic carbocycles. The Labute approximate surface area is 406 Å². The summed E-state index contributed by atoms with van der Waals surface area (Å²) in [6.07, 6.45) is 18.9. The summed E-state index contributed by atoms with van der Waals surface area (Å²) in [5.41, 5.74) is 8.11. The molecule has 68 heavy (non-hydrogen) atoms. The fourth-order valence-corrected chi connectivity index (χ4v) is 9.61. The number of aryl methyl sites for hydroxylation is 1. The Kier molecular flexibility index (Phi) is 22.2. The van der Waals surface area contributed by atoms with E-state index in [1.807, 2.05) is 0 Å². The normalized spacial score (nSPS) is 17.1. The summed E-state index contributed by atoms with van der Waals surface area (Å²) >= 11 is 6.46. The summed E-state index contributed by atoms with van der Waals surface area (Å²) in [6.45, 7) is 6.76. The molecule has 16 nitrogen and oxygen atoms in total. The number of nitrogen functional groups attached to an aromatic ring is 1. The molecule has 3 heterocycles. The maximum absolute atomic E-state index is 14.8. The van der Waals surface area contributed by atoms with Crippen molar-refractivity contribution in [1.82, 2.24) is 14.6 Å². The molecule has 0 radical (unpaired) electrons. The van der Waals surface area contributed by atoms with Crippen LogP contribution < -0.4 is 15.0 Å². The SMILES string of the molecule is CCCCCCCCCCCCCCCCCCOC[C@H](COP(=O)(OC[C@@H](OC#N)[C@H]1OC(C)(C)O[C@H]1c1ccc2c(N)ncnn12)Oc1ccccc1Cl)Oc1c(C#N)cc(C)cc1C#N. The van der Waals surface area contributed by atoms with Gasteiger partial charge in [0.05, 0.1) is 35.1 Å². The molecule has 5 atom stereocenters. The second-order valence-corrected chi connectivity index (χ2v) is 19.6. The number of unbranched alkanes of at least 4 members (excludes halogenated alkanes) is 15. The Morgan fingerprint density at radius 3 is 2.04 bits per heavy atom. The number of para-hydroxylation sites is 1. The van der Waals surface area contributed by atoms with E-state index >= 15 is 0 Å². The van der Waals surface area contributed by atoms with Crippen molar-refractivity contribution in [3.05, 3.63) is 82.3 Å². The zero-order valence-corrected chi connectivity index (χ0v) is 41.6. The van der Waals surface area contributed by atoms with Gasteiger partial charge in [-0.1, -0.05) is 127 Å². The predicted octanol–water partition coefficient (Wildman–Crippen LogP) is 12.0. The molecule has 1 unspecified atom stereocenters. The Balaban J connectivity index is 1.23. The zero-order chi connectivity index (χ0) is 48.8. The topological polar surface area (TPSA) is 218 Å². The third-order valence-electron chi connectivity index (χ3n) is 11.6. The van der Waals surface area contributed by atoms with Crippen molar-refractivity contribution >= 4 is 30.8 Å². The van der Waals surface area contributed by atoms with Crippen LogP contribution in [0.4, 0.5) is 5.82 Å². The highest BCUT2D eigenvalue weighted by atomic mass is 35.5. The van der Waals surface area contributed by atoms with Gasteiger partial charge in [-0.25, -0.2) is 14.1 Å². The van der Waals surface area contributed by atoms with Gasteiger partial charge < -0.3 is 33.9 Å². The summed E-state index contributed by atoms with van der Waals surface area (Å²) in [4.78, 5) is 4.06. The molecule has 5 rings (SSSR count). The first-order chi connectivity index (χ1) is 32.9. The molecular weight excluding hydrogens is 909 g/mol. The number of nitrogens with zero attached hydrogens (tertiary/aromatic N) is 6. The minimum Gasteiger partial charge on any atom is -0.483 e. The molecule has 1 fully saturated rings. The molecular formula is C50H67ClN7O9P. The number of rotatable bonds is 32. The minimum atomic E-state index is -4.70. The average Bonchev–Trinajstić information content (AvgIpc) is 3.90. The fourth-order valence-electron chi connectivity index (χ4n) is 8.13. The Morgan fingerprint density at radius 2 is 1.44 bits per heavy atom. The Morgan fingerprint density at radius 1 is 0.838 bits per heavy atom. The van der Waals surface area contributed by atoms with Gasteiger partial charge in [0.1, 0.15) is 54.7 Å². The Hall–Kier alpha value is -4.95. The molecule has 2 aromatic carbocycles. The van der Waals surface area contributed by atoms with Crippen LogP contribution in [0.5, 0.6) is 11.5 Å². The highest BCUT2D eigenvalue weighted by Gasteiger charge is 2.49. The van der Waals surface area contributed by atoms with Gasteiger partial charge in [-0.15, -0.1) is 0 Å². The molecule has 1 aliphatic heterocycles. The van der Waals surface area contributed by atoms with Crippen molar-refractivity contribution in [2.45, 2.75) is 161 Å². The number of aromatic nitrogens is 3. The molecule has 0 amide bonds. The quantitative estimate of drug-likeness (QED) is 0.0273. The predicted molar refractivity (Wildman–Crippen MR) is 258 cm³/mol. The minimum absolute atomic E-state index is 0.0130. The summed E-state index contributed by atoms with van der Waals surface area (Å²) in [6, 6.07) is 17.2. The van der Waals surface area contributed by atoms with E-state index in [1.54, 1.807) is 74.0 Å². The van der Waals surface area contributed by atoms with Crippen LogP contribution in [0.25, 0.3) is 5.52 Å². The number of anilines is 1. The lowest BCUT2D eigenvalue weighted by Gasteiger charge is -2.27. The summed E-state index contributed by atoms with van der Waals surface area (Å²) in [5, 5.41) is 34.3. The van der Waals surface area contributed by atoms with E-state index in [2.05, 4.69) is 29.1 Å². The summed E-state index contributed by atoms with van der Waals surface area (Å²) in [7, 11) is -4.70. The van der Waals surface area contributed by atoms with Gasteiger partial charge in [-0.05, 0) is 69.2 Å². The van der Waals surface area contributed by atoms with E-state index in [4.69, 9.17) is 54.6 Å². The molecule has 1 aliphatic rings. The second kappa shape index (κ2) is 27.9. The first kappa shape index (κ1) is 54.0. The summed E-state index contributed by atoms with van der Waals surface area (Å²) in [5.74, 6) is -0.906. The lowest BCUT2D eigenvalue weighted by Crippen LogP contribution is -2.37. The fraction of sp³-hybridized carbons (Fsp3) is 0.580. The van der Waals surface area contributed by atoms with E-state index in [1.165, 1.54) is 95.9 Å². The third kappa shape index (κ3) is 16.6. The molecule has 368 valence electrons. The van der Waals surface area contributed by atoms with Crippen molar-refractivity contribution in [3.8, 4) is 29.9 Å². The number of nitrogens with two attached hydrogens (primary N) is 1. The standard InChI is InChI=1S/C50H67ClN7O9P/c1-5-6-7-8-9-10-11-12-13-14-15-16-17-18-19-22-27-60-32-40(64-46-38(30-52)28-37(2)29-39(46)31-53)33-62-68(59,67-44-24-21-20-23-41(44)51)63-34-45(61-35-54)48-47(65-50(3,4)66-48)42-25-26-43-49(55)56-36-57-58(42)43/h20-21,23-26,28-29,36,40,45,47-48H,5-19,22,27,32-34H2,1-4H3,(H2,55,56,57)/t40-,45-,47+,48-,68?/m1/s1. The number of hydrogen-bond acceptors (Lipinski definition) is 15. The highest BCUT2D eigenvalue weighted by molar-refractivity contribution is 7.48. The maximum Gasteiger partial charge on any atom is 0.530 e. The molecule has 4 aromatic rings. The van der Waals surface area contributed by atoms with Crippen molar-refractivity contribution in [1.29, 1.82) is 15.8 Å². The zero-order valence-electron chi connectivity index (χ0n) is 39.9. The van der Waals surface area contributed by atoms with Gasteiger partial charge in [-0.3, -0.25) is 9.05 Å². The molecule has 0 saturated carbocycles. The van der Waals surface area contributed by atoms with Crippen molar-refractivity contribution in [2.24, 2.45) is 0 Å². The van der Waals surface area contributed by atoms with E-state index < -0.39 is 51.2 Å². The third-order valence-corrected chi connectivity index (χ3v) is 13.2. The monoisotopic (exact) mass is 975 g/mol. The van der Waals surface area contributed by atoms with Crippen LogP contribution in [0.3, 0.4) is 0 Å². The van der Waals surface area contributed by atoms with E-state index in [9.17, 15) is 20.4 Å². The van der Waals surface area contributed by atoms with Crippen LogP contribution in [0.1, 0.15) is 152 Å². The van der Waals surface area contributed by atoms with E-state index in [0.717, 1.165) is 19.3 Å². The number of nitriles is 3. The maximum atomic E-state index is 14.8. The van der Waals surface area contributed by atoms with Gasteiger partial charge in [0.15, 0.2) is 23.5 Å². The van der Waals surface area contributed by atoms with Crippen LogP contribution in [0, 0.1) is 41.1 Å². The largest absolute Gasteiger partial charge is 0.530 e. The van der Waals surface area contributed by atoms with Crippen molar-refractivity contribution < 1.29 is 41.8 Å². The number of phosphoric acid groups is 1. The molecule has 18 heteroatoms. The van der Waals surface area contributed by atoms with Crippen LogP contribution in [0.15, 0.2) is 54.9 Å². The van der Waals surface area contributed by atoms with Gasteiger partial charge in [0.25, 0.3) is 6.26 Å². The number of benzene rings is 2. The second-order valence-electron chi connectivity index (χ2n) is 17.6. The molecule has 0 bridgehead atoms. The number of halogens is 1. The van der Waals surface area contributed by atoms with Gasteiger partial charge in [0.2, 0.25) is 0 Å². The molecule has 2 N–H and O–H groups in total. The lowest BCUT2D eigenvalue weighted by molar-refractivity contribution is -0.157. The highest BCUT2D eigenvalue weighted by Crippen LogP contribution is 2.52. The van der Waals surface area contributed by atoms with Crippen LogP contribution in [-0.4, -0.2) is 65.1 Å². The number of hydrogen-bond donors (Lipinski definition) is 1. The van der Waals surface area contributed by atoms with Crippen LogP contribution in [0.2, 0.25) is 5.02 Å². The van der Waals surface area contributed by atoms with Crippen molar-refractivity contribution in [3.63, 3.8) is 0 Å². The van der Waals surface area contributed by atoms with E-state index in [0.29, 0.717) is 23.4 Å². The van der Waals surface area contributed by atoms with E-state index in [-0.39, 0.29) is 40.1 Å². The Bertz CT molecular complexity index is 2330. The van der Waals surface area contributed by atoms with Gasteiger partial charge in [0, 0.05) is 6.61 Å². The van der Waals surface area contributed by atoms with Gasteiger partial charge >= 0.3 is 7.82 Å². The molecule has 0 spiro atoms. The van der Waals surface area contributed by atoms with Gasteiger partial charge in [-0.2, -0.15) is 20.9 Å². The number of phosphoric ester groups is 1. The first-order valence-corrected chi connectivity index (χ1v) is 25.8. The average molecular weight is 977 g/mol. The van der Waals surface area contributed by atoms with Crippen molar-refractivity contribution in [2.75, 3.05) is 32.2 Å². The molecule has 1 saturated heterocycles. The molecule has 2 aromatic heterocycles. The summed E-state index contributed by atoms with van der Waals surface area (Å²) < 4.78 is 64.8.